The predicted molar refractivity (Wildman–Crippen MR) is 118 cm³/mol. The average molecular weight is 417 g/mol. The number of benzene rings is 2. The van der Waals surface area contributed by atoms with Crippen LogP contribution >= 0.6 is 0 Å². The third kappa shape index (κ3) is 4.53. The summed E-state index contributed by atoms with van der Waals surface area (Å²) in [6.07, 6.45) is 1.00. The summed E-state index contributed by atoms with van der Waals surface area (Å²) >= 11 is 0. The Kier molecular flexibility index (Phi) is 5.88. The fourth-order valence-electron chi connectivity index (χ4n) is 3.61. The lowest BCUT2D eigenvalue weighted by Gasteiger charge is -2.35. The first kappa shape index (κ1) is 20.5. The highest BCUT2D eigenvalue weighted by Gasteiger charge is 2.23. The van der Waals surface area contributed by atoms with Gasteiger partial charge in [0.25, 0.3) is 11.6 Å². The van der Waals surface area contributed by atoms with Gasteiger partial charge >= 0.3 is 0 Å². The molecule has 4 rings (SSSR count). The maximum Gasteiger partial charge on any atom is 0.269 e. The van der Waals surface area contributed by atoms with Crippen LogP contribution in [0.15, 0.2) is 60.7 Å². The molecule has 0 saturated carbocycles. The topological polar surface area (TPSA) is 92.5 Å². The Hall–Kier alpha value is -3.81. The number of aryl methyl sites for hydroxylation is 1. The first-order valence-electron chi connectivity index (χ1n) is 10.3. The van der Waals surface area contributed by atoms with Crippen molar-refractivity contribution in [3.63, 3.8) is 0 Å². The number of hydrogen-bond donors (Lipinski definition) is 0. The van der Waals surface area contributed by atoms with Crippen molar-refractivity contribution < 1.29 is 9.72 Å². The Labute approximate surface area is 180 Å². The van der Waals surface area contributed by atoms with Gasteiger partial charge in [0.15, 0.2) is 5.82 Å². The number of piperazine rings is 1. The van der Waals surface area contributed by atoms with Gasteiger partial charge in [-0.1, -0.05) is 31.2 Å². The van der Waals surface area contributed by atoms with Crippen LogP contribution < -0.4 is 4.90 Å². The standard InChI is InChI=1S/C23H23N5O3/c1-2-17-3-5-18(6-4-17)21-11-12-22(25-24-21)26-13-15-27(16-14-26)23(29)19-7-9-20(10-8-19)28(30)31/h3-12H,2,13-16H2,1H3. The fraction of sp³-hybridized carbons (Fsp3) is 0.261. The number of nitro benzene ring substituents is 1. The van der Waals surface area contributed by atoms with Gasteiger partial charge in [0.05, 0.1) is 10.6 Å². The molecule has 1 aliphatic heterocycles. The van der Waals surface area contributed by atoms with Crippen molar-refractivity contribution in [2.45, 2.75) is 13.3 Å². The molecule has 0 spiro atoms. The quantitative estimate of drug-likeness (QED) is 0.465. The number of non-ortho nitro benzene ring substituents is 1. The fourth-order valence-corrected chi connectivity index (χ4v) is 3.61. The van der Waals surface area contributed by atoms with E-state index in [-0.39, 0.29) is 11.6 Å². The molecule has 0 unspecified atom stereocenters. The van der Waals surface area contributed by atoms with E-state index in [1.54, 1.807) is 4.90 Å². The number of rotatable bonds is 5. The first-order valence-corrected chi connectivity index (χ1v) is 10.3. The third-order valence-electron chi connectivity index (χ3n) is 5.52. The van der Waals surface area contributed by atoms with E-state index in [9.17, 15) is 14.9 Å². The first-order chi connectivity index (χ1) is 15.0. The molecule has 0 N–H and O–H groups in total. The van der Waals surface area contributed by atoms with E-state index in [1.807, 2.05) is 12.1 Å². The van der Waals surface area contributed by atoms with Crippen LogP contribution in [0.3, 0.4) is 0 Å². The van der Waals surface area contributed by atoms with E-state index in [4.69, 9.17) is 0 Å². The molecular formula is C23H23N5O3. The van der Waals surface area contributed by atoms with E-state index in [0.717, 1.165) is 23.5 Å². The highest BCUT2D eigenvalue weighted by molar-refractivity contribution is 5.94. The molecule has 0 atom stereocenters. The minimum absolute atomic E-state index is 0.0234. The number of anilines is 1. The van der Waals surface area contributed by atoms with Crippen molar-refractivity contribution in [3.8, 4) is 11.3 Å². The molecule has 0 aliphatic carbocycles. The number of hydrogen-bond acceptors (Lipinski definition) is 6. The highest BCUT2D eigenvalue weighted by Crippen LogP contribution is 2.21. The molecule has 1 aromatic heterocycles. The smallest absolute Gasteiger partial charge is 0.269 e. The zero-order valence-electron chi connectivity index (χ0n) is 17.3. The van der Waals surface area contributed by atoms with Crippen LogP contribution in [0.5, 0.6) is 0 Å². The van der Waals surface area contributed by atoms with Crippen molar-refractivity contribution in [3.05, 3.63) is 81.9 Å². The minimum Gasteiger partial charge on any atom is -0.352 e. The average Bonchev–Trinajstić information content (AvgIpc) is 2.84. The van der Waals surface area contributed by atoms with Gasteiger partial charge in [-0.3, -0.25) is 14.9 Å². The Morgan fingerprint density at radius 1 is 0.935 bits per heavy atom. The molecule has 1 aliphatic rings. The lowest BCUT2D eigenvalue weighted by Crippen LogP contribution is -2.49. The summed E-state index contributed by atoms with van der Waals surface area (Å²) < 4.78 is 0. The van der Waals surface area contributed by atoms with Crippen LogP contribution in [0.2, 0.25) is 0 Å². The van der Waals surface area contributed by atoms with Gasteiger partial charge in [-0.05, 0) is 36.2 Å². The second-order valence-corrected chi connectivity index (χ2v) is 7.41. The molecular weight excluding hydrogens is 394 g/mol. The predicted octanol–water partition coefficient (Wildman–Crippen LogP) is 3.58. The molecule has 1 amide bonds. The summed E-state index contributed by atoms with van der Waals surface area (Å²) in [7, 11) is 0. The highest BCUT2D eigenvalue weighted by atomic mass is 16.6. The van der Waals surface area contributed by atoms with Crippen molar-refractivity contribution >= 4 is 17.4 Å². The molecule has 0 radical (unpaired) electrons. The zero-order valence-corrected chi connectivity index (χ0v) is 17.3. The second-order valence-electron chi connectivity index (χ2n) is 7.41. The van der Waals surface area contributed by atoms with Crippen LogP contribution in [-0.4, -0.2) is 52.1 Å². The Bertz CT molecular complexity index is 1060. The maximum absolute atomic E-state index is 12.7. The molecule has 1 saturated heterocycles. The lowest BCUT2D eigenvalue weighted by molar-refractivity contribution is -0.384. The Morgan fingerprint density at radius 2 is 1.61 bits per heavy atom. The molecule has 31 heavy (non-hydrogen) atoms. The number of carbonyl (C=O) groups excluding carboxylic acids is 1. The second kappa shape index (κ2) is 8.91. The molecule has 2 heterocycles. The normalized spacial score (nSPS) is 13.8. The molecule has 8 heteroatoms. The lowest BCUT2D eigenvalue weighted by atomic mass is 10.1. The van der Waals surface area contributed by atoms with Crippen LogP contribution in [-0.2, 0) is 6.42 Å². The van der Waals surface area contributed by atoms with E-state index in [0.29, 0.717) is 31.7 Å². The van der Waals surface area contributed by atoms with Crippen LogP contribution in [0.1, 0.15) is 22.8 Å². The van der Waals surface area contributed by atoms with Gasteiger partial charge in [0.1, 0.15) is 0 Å². The van der Waals surface area contributed by atoms with E-state index >= 15 is 0 Å². The van der Waals surface area contributed by atoms with Gasteiger partial charge in [0, 0.05) is 49.4 Å². The summed E-state index contributed by atoms with van der Waals surface area (Å²) in [5.41, 5.74) is 3.59. The molecule has 8 nitrogen and oxygen atoms in total. The molecule has 158 valence electrons. The Morgan fingerprint density at radius 3 is 2.16 bits per heavy atom. The Balaban J connectivity index is 1.36. The SMILES string of the molecule is CCc1ccc(-c2ccc(N3CCN(C(=O)c4ccc([N+](=O)[O-])cc4)CC3)nn2)cc1. The zero-order chi connectivity index (χ0) is 21.8. The summed E-state index contributed by atoms with van der Waals surface area (Å²) in [6.45, 7) is 4.54. The monoisotopic (exact) mass is 417 g/mol. The number of nitrogens with zero attached hydrogens (tertiary/aromatic N) is 5. The molecule has 0 bridgehead atoms. The number of aromatic nitrogens is 2. The van der Waals surface area contributed by atoms with Crippen molar-refractivity contribution in [2.75, 3.05) is 31.1 Å². The van der Waals surface area contributed by atoms with Crippen LogP contribution in [0, 0.1) is 10.1 Å². The number of carbonyl (C=O) groups is 1. The van der Waals surface area contributed by atoms with Gasteiger partial charge in [-0.25, -0.2) is 0 Å². The number of amides is 1. The van der Waals surface area contributed by atoms with Gasteiger partial charge in [0.2, 0.25) is 0 Å². The van der Waals surface area contributed by atoms with Crippen molar-refractivity contribution in [1.29, 1.82) is 0 Å². The van der Waals surface area contributed by atoms with E-state index in [2.05, 4.69) is 46.3 Å². The summed E-state index contributed by atoms with van der Waals surface area (Å²) in [5, 5.41) is 19.5. The summed E-state index contributed by atoms with van der Waals surface area (Å²) in [6, 6.07) is 18.0. The van der Waals surface area contributed by atoms with Gasteiger partial charge < -0.3 is 9.80 Å². The molecule has 2 aromatic carbocycles. The van der Waals surface area contributed by atoms with Crippen molar-refractivity contribution in [1.82, 2.24) is 15.1 Å². The third-order valence-corrected chi connectivity index (χ3v) is 5.52. The van der Waals surface area contributed by atoms with Crippen molar-refractivity contribution in [2.24, 2.45) is 0 Å². The molecule has 1 fully saturated rings. The van der Waals surface area contributed by atoms with E-state index < -0.39 is 4.92 Å². The summed E-state index contributed by atoms with van der Waals surface area (Å²) in [4.78, 5) is 26.9. The molecule has 3 aromatic rings. The largest absolute Gasteiger partial charge is 0.352 e. The number of nitro groups is 1. The van der Waals surface area contributed by atoms with E-state index in [1.165, 1.54) is 29.8 Å². The van der Waals surface area contributed by atoms with Crippen LogP contribution in [0.4, 0.5) is 11.5 Å². The summed E-state index contributed by atoms with van der Waals surface area (Å²) in [5.74, 6) is 0.669. The van der Waals surface area contributed by atoms with Crippen LogP contribution in [0.25, 0.3) is 11.3 Å². The maximum atomic E-state index is 12.7. The van der Waals surface area contributed by atoms with Gasteiger partial charge in [-0.2, -0.15) is 0 Å². The minimum atomic E-state index is -0.473. The van der Waals surface area contributed by atoms with Gasteiger partial charge in [-0.15, -0.1) is 10.2 Å².